The zero-order chi connectivity index (χ0) is 19.9. The number of aromatic nitrogens is 1. The van der Waals surface area contributed by atoms with Gasteiger partial charge in [0.05, 0.1) is 17.2 Å². The topological polar surface area (TPSA) is 71.1 Å². The molecule has 2 N–H and O–H groups in total. The van der Waals surface area contributed by atoms with Gasteiger partial charge in [-0.2, -0.15) is 0 Å². The van der Waals surface area contributed by atoms with E-state index in [2.05, 4.69) is 15.6 Å². The van der Waals surface area contributed by atoms with Crippen LogP contribution in [0.3, 0.4) is 0 Å². The molecule has 2 aromatic carbocycles. The standard InChI is InChI=1S/C21H20FN3O2S/c1-14-25-19(13-28-14)16-7-5-15(6-8-16)9-10-23-20(26)12-24-21(27)17-3-2-4-18(22)11-17/h2-8,11,13H,9-10,12H2,1H3,(H,23,26)(H,24,27). The molecule has 0 aliphatic heterocycles. The highest BCUT2D eigenvalue weighted by atomic mass is 32.1. The van der Waals surface area contributed by atoms with Gasteiger partial charge in [-0.05, 0) is 37.1 Å². The van der Waals surface area contributed by atoms with E-state index in [0.29, 0.717) is 13.0 Å². The fraction of sp³-hybridized carbons (Fsp3) is 0.190. The average molecular weight is 397 g/mol. The Morgan fingerprint density at radius 3 is 2.57 bits per heavy atom. The van der Waals surface area contributed by atoms with Crippen molar-refractivity contribution in [3.63, 3.8) is 0 Å². The molecular weight excluding hydrogens is 377 g/mol. The molecule has 0 spiro atoms. The molecule has 3 aromatic rings. The summed E-state index contributed by atoms with van der Waals surface area (Å²) in [6.45, 7) is 2.28. The molecule has 2 amide bonds. The van der Waals surface area contributed by atoms with E-state index in [9.17, 15) is 14.0 Å². The van der Waals surface area contributed by atoms with Crippen LogP contribution in [0, 0.1) is 12.7 Å². The molecule has 0 atom stereocenters. The van der Waals surface area contributed by atoms with Crippen molar-refractivity contribution in [3.8, 4) is 11.3 Å². The van der Waals surface area contributed by atoms with Gasteiger partial charge in [0.1, 0.15) is 5.82 Å². The summed E-state index contributed by atoms with van der Waals surface area (Å²) in [4.78, 5) is 28.2. The van der Waals surface area contributed by atoms with Crippen LogP contribution in [0.1, 0.15) is 20.9 Å². The Labute approximate surface area is 166 Å². The van der Waals surface area contributed by atoms with Crippen LogP contribution in [-0.2, 0) is 11.2 Å². The normalized spacial score (nSPS) is 10.5. The lowest BCUT2D eigenvalue weighted by molar-refractivity contribution is -0.120. The summed E-state index contributed by atoms with van der Waals surface area (Å²) in [6.07, 6.45) is 0.681. The Balaban J connectivity index is 1.41. The van der Waals surface area contributed by atoms with Crippen LogP contribution in [0.25, 0.3) is 11.3 Å². The van der Waals surface area contributed by atoms with Crippen molar-refractivity contribution < 1.29 is 14.0 Å². The number of amides is 2. The van der Waals surface area contributed by atoms with Gasteiger partial charge in [-0.3, -0.25) is 9.59 Å². The van der Waals surface area contributed by atoms with Crippen LogP contribution >= 0.6 is 11.3 Å². The molecule has 0 unspecified atom stereocenters. The molecule has 0 saturated heterocycles. The van der Waals surface area contributed by atoms with Gasteiger partial charge in [0, 0.05) is 23.1 Å². The minimum atomic E-state index is -0.493. The number of hydrogen-bond donors (Lipinski definition) is 2. The van der Waals surface area contributed by atoms with Gasteiger partial charge in [-0.15, -0.1) is 11.3 Å². The van der Waals surface area contributed by atoms with Gasteiger partial charge in [-0.1, -0.05) is 30.3 Å². The highest BCUT2D eigenvalue weighted by molar-refractivity contribution is 7.09. The van der Waals surface area contributed by atoms with Gasteiger partial charge in [0.2, 0.25) is 5.91 Å². The van der Waals surface area contributed by atoms with Gasteiger partial charge in [-0.25, -0.2) is 9.37 Å². The van der Waals surface area contributed by atoms with E-state index in [0.717, 1.165) is 27.9 Å². The van der Waals surface area contributed by atoms with E-state index in [4.69, 9.17) is 0 Å². The molecule has 3 rings (SSSR count). The van der Waals surface area contributed by atoms with Crippen molar-refractivity contribution in [1.29, 1.82) is 0 Å². The van der Waals surface area contributed by atoms with Crippen molar-refractivity contribution in [2.45, 2.75) is 13.3 Å². The van der Waals surface area contributed by atoms with Crippen LogP contribution in [0.15, 0.2) is 53.9 Å². The molecular formula is C21H20FN3O2S. The van der Waals surface area contributed by atoms with Gasteiger partial charge in [0.25, 0.3) is 5.91 Å². The Morgan fingerprint density at radius 2 is 1.89 bits per heavy atom. The largest absolute Gasteiger partial charge is 0.354 e. The zero-order valence-corrected chi connectivity index (χ0v) is 16.2. The Kier molecular flexibility index (Phi) is 6.49. The molecule has 144 valence electrons. The molecule has 7 heteroatoms. The van der Waals surface area contributed by atoms with Crippen LogP contribution < -0.4 is 10.6 Å². The van der Waals surface area contributed by atoms with Gasteiger partial charge in [0.15, 0.2) is 0 Å². The minimum Gasteiger partial charge on any atom is -0.354 e. The maximum absolute atomic E-state index is 13.1. The van der Waals surface area contributed by atoms with E-state index in [-0.39, 0.29) is 18.0 Å². The number of carbonyl (C=O) groups is 2. The van der Waals surface area contributed by atoms with Crippen molar-refractivity contribution >= 4 is 23.2 Å². The number of rotatable bonds is 7. The van der Waals surface area contributed by atoms with Gasteiger partial charge >= 0.3 is 0 Å². The summed E-state index contributed by atoms with van der Waals surface area (Å²) in [5.41, 5.74) is 3.32. The van der Waals surface area contributed by atoms with E-state index in [1.165, 1.54) is 18.2 Å². The smallest absolute Gasteiger partial charge is 0.251 e. The summed E-state index contributed by atoms with van der Waals surface area (Å²) in [5.74, 6) is -1.27. The van der Waals surface area contributed by atoms with E-state index in [1.54, 1.807) is 11.3 Å². The first-order chi connectivity index (χ1) is 13.5. The molecule has 0 aliphatic rings. The fourth-order valence-corrected chi connectivity index (χ4v) is 3.26. The Morgan fingerprint density at radius 1 is 1.11 bits per heavy atom. The molecule has 5 nitrogen and oxygen atoms in total. The molecule has 0 bridgehead atoms. The zero-order valence-electron chi connectivity index (χ0n) is 15.4. The first-order valence-electron chi connectivity index (χ1n) is 8.83. The number of benzene rings is 2. The Bertz CT molecular complexity index is 970. The van der Waals surface area contributed by atoms with Crippen LogP contribution in [0.2, 0.25) is 0 Å². The predicted octanol–water partition coefficient (Wildman–Crippen LogP) is 3.35. The third-order valence-corrected chi connectivity index (χ3v) is 4.87. The molecule has 0 radical (unpaired) electrons. The highest BCUT2D eigenvalue weighted by Crippen LogP contribution is 2.21. The summed E-state index contributed by atoms with van der Waals surface area (Å²) < 4.78 is 13.1. The summed E-state index contributed by atoms with van der Waals surface area (Å²) >= 11 is 1.62. The van der Waals surface area contributed by atoms with Crippen molar-refractivity contribution in [2.75, 3.05) is 13.1 Å². The maximum Gasteiger partial charge on any atom is 0.251 e. The van der Waals surface area contributed by atoms with Gasteiger partial charge < -0.3 is 10.6 Å². The van der Waals surface area contributed by atoms with E-state index >= 15 is 0 Å². The van der Waals surface area contributed by atoms with Crippen LogP contribution in [0.5, 0.6) is 0 Å². The number of halogens is 1. The first-order valence-corrected chi connectivity index (χ1v) is 9.71. The molecule has 28 heavy (non-hydrogen) atoms. The second-order valence-electron chi connectivity index (χ2n) is 6.24. The quantitative estimate of drug-likeness (QED) is 0.642. The number of hydrogen-bond acceptors (Lipinski definition) is 4. The first kappa shape index (κ1) is 19.7. The number of nitrogens with zero attached hydrogens (tertiary/aromatic N) is 1. The van der Waals surface area contributed by atoms with Crippen LogP contribution in [-0.4, -0.2) is 29.9 Å². The second kappa shape index (κ2) is 9.23. The molecule has 0 saturated carbocycles. The molecule has 1 heterocycles. The lowest BCUT2D eigenvalue weighted by Crippen LogP contribution is -2.37. The number of thiazole rings is 1. The third-order valence-electron chi connectivity index (χ3n) is 4.10. The van der Waals surface area contributed by atoms with E-state index < -0.39 is 11.7 Å². The highest BCUT2D eigenvalue weighted by Gasteiger charge is 2.08. The number of aryl methyl sites for hydroxylation is 1. The lowest BCUT2D eigenvalue weighted by Gasteiger charge is -2.08. The molecule has 0 aliphatic carbocycles. The SMILES string of the molecule is Cc1nc(-c2ccc(CCNC(=O)CNC(=O)c3cccc(F)c3)cc2)cs1. The monoisotopic (exact) mass is 397 g/mol. The maximum atomic E-state index is 13.1. The number of carbonyl (C=O) groups excluding carboxylic acids is 2. The predicted molar refractivity (Wildman–Crippen MR) is 108 cm³/mol. The fourth-order valence-electron chi connectivity index (χ4n) is 2.64. The summed E-state index contributed by atoms with van der Waals surface area (Å²) in [7, 11) is 0. The molecule has 1 aromatic heterocycles. The lowest BCUT2D eigenvalue weighted by atomic mass is 10.1. The second-order valence-corrected chi connectivity index (χ2v) is 7.30. The summed E-state index contributed by atoms with van der Waals surface area (Å²) in [5, 5.41) is 8.30. The van der Waals surface area contributed by atoms with E-state index in [1.807, 2.05) is 36.6 Å². The van der Waals surface area contributed by atoms with Crippen molar-refractivity contribution in [3.05, 3.63) is 75.9 Å². The average Bonchev–Trinajstić information content (AvgIpc) is 3.13. The third kappa shape index (κ3) is 5.47. The van der Waals surface area contributed by atoms with Crippen molar-refractivity contribution in [2.24, 2.45) is 0 Å². The minimum absolute atomic E-state index is 0.155. The van der Waals surface area contributed by atoms with Crippen molar-refractivity contribution in [1.82, 2.24) is 15.6 Å². The Hall–Kier alpha value is -3.06. The summed E-state index contributed by atoms with van der Waals surface area (Å²) in [6, 6.07) is 13.4. The number of nitrogens with one attached hydrogen (secondary N) is 2. The molecule has 0 fully saturated rings. The van der Waals surface area contributed by atoms with Crippen LogP contribution in [0.4, 0.5) is 4.39 Å².